The SMILES string of the molecule is N#CN1CCCC(F)(C(=O)Nc2cn(-c3cccc(C(F)(F)F)c3)cn2)C1. The lowest BCUT2D eigenvalue weighted by Crippen LogP contribution is -2.51. The molecule has 1 aliphatic heterocycles. The number of nitrogens with one attached hydrogen (secondary N) is 1. The fourth-order valence-corrected chi connectivity index (χ4v) is 2.88. The van der Waals surface area contributed by atoms with Gasteiger partial charge in [-0.3, -0.25) is 4.79 Å². The first-order valence-electron chi connectivity index (χ1n) is 8.08. The first kappa shape index (κ1) is 18.7. The summed E-state index contributed by atoms with van der Waals surface area (Å²) in [5, 5.41) is 11.2. The van der Waals surface area contributed by atoms with Gasteiger partial charge in [-0.05, 0) is 31.0 Å². The molecule has 0 aliphatic carbocycles. The lowest BCUT2D eigenvalue weighted by molar-refractivity contribution is -0.137. The Morgan fingerprint density at radius 3 is 2.85 bits per heavy atom. The van der Waals surface area contributed by atoms with Crippen LogP contribution in [0.4, 0.5) is 23.4 Å². The van der Waals surface area contributed by atoms with Gasteiger partial charge in [0.2, 0.25) is 5.67 Å². The van der Waals surface area contributed by atoms with Crippen molar-refractivity contribution in [2.75, 3.05) is 18.4 Å². The molecular formula is C17H15F4N5O. The molecule has 1 aromatic carbocycles. The molecule has 0 spiro atoms. The van der Waals surface area contributed by atoms with Crippen molar-refractivity contribution in [1.82, 2.24) is 14.5 Å². The number of piperidine rings is 1. The van der Waals surface area contributed by atoms with Crippen molar-refractivity contribution >= 4 is 11.7 Å². The molecule has 10 heteroatoms. The van der Waals surface area contributed by atoms with E-state index >= 15 is 0 Å². The number of alkyl halides is 4. The molecule has 6 nitrogen and oxygen atoms in total. The lowest BCUT2D eigenvalue weighted by atomic mass is 9.94. The van der Waals surface area contributed by atoms with E-state index in [1.165, 1.54) is 34.1 Å². The van der Waals surface area contributed by atoms with Gasteiger partial charge in [-0.1, -0.05) is 6.07 Å². The van der Waals surface area contributed by atoms with Gasteiger partial charge in [-0.25, -0.2) is 9.37 Å². The van der Waals surface area contributed by atoms with Crippen LogP contribution in [0.3, 0.4) is 0 Å². The number of hydrogen-bond donors (Lipinski definition) is 1. The van der Waals surface area contributed by atoms with Gasteiger partial charge in [-0.2, -0.15) is 18.4 Å². The zero-order valence-electron chi connectivity index (χ0n) is 14.0. The molecule has 1 unspecified atom stereocenters. The van der Waals surface area contributed by atoms with Gasteiger partial charge in [0, 0.05) is 12.2 Å². The predicted molar refractivity (Wildman–Crippen MR) is 87.5 cm³/mol. The maximum Gasteiger partial charge on any atom is 0.416 e. The third-order valence-corrected chi connectivity index (χ3v) is 4.29. The van der Waals surface area contributed by atoms with Crippen LogP contribution in [0, 0.1) is 11.5 Å². The van der Waals surface area contributed by atoms with Crippen LogP contribution in [0.25, 0.3) is 5.69 Å². The number of nitriles is 1. The number of hydrogen-bond acceptors (Lipinski definition) is 4. The summed E-state index contributed by atoms with van der Waals surface area (Å²) in [4.78, 5) is 17.3. The number of rotatable bonds is 3. The van der Waals surface area contributed by atoms with Crippen LogP contribution in [0.2, 0.25) is 0 Å². The molecule has 0 saturated carbocycles. The highest BCUT2D eigenvalue weighted by Gasteiger charge is 2.43. The average molecular weight is 381 g/mol. The molecular weight excluding hydrogens is 366 g/mol. The summed E-state index contributed by atoms with van der Waals surface area (Å²) in [5.41, 5.74) is -2.85. The second kappa shape index (κ2) is 6.90. The maximum absolute atomic E-state index is 14.8. The lowest BCUT2D eigenvalue weighted by Gasteiger charge is -2.32. The summed E-state index contributed by atoms with van der Waals surface area (Å²) >= 11 is 0. The monoisotopic (exact) mass is 381 g/mol. The standard InChI is InChI=1S/C17H15F4N5O/c18-16(5-2-6-25(9-16)10-22)15(27)24-14-8-26(11-23-14)13-4-1-3-12(7-13)17(19,20)21/h1,3-4,7-8,11H,2,5-6,9H2,(H,24,27). The van der Waals surface area contributed by atoms with Crippen LogP contribution in [0.1, 0.15) is 18.4 Å². The molecule has 2 aromatic rings. The highest BCUT2D eigenvalue weighted by atomic mass is 19.4. The number of nitrogens with zero attached hydrogens (tertiary/aromatic N) is 4. The minimum absolute atomic E-state index is 0.00326. The van der Waals surface area contributed by atoms with E-state index in [0.29, 0.717) is 13.0 Å². The number of likely N-dealkylation sites (tertiary alicyclic amines) is 1. The molecule has 0 radical (unpaired) electrons. The van der Waals surface area contributed by atoms with E-state index in [4.69, 9.17) is 5.26 Å². The van der Waals surface area contributed by atoms with Crippen LogP contribution in [0.5, 0.6) is 0 Å². The van der Waals surface area contributed by atoms with E-state index in [1.54, 1.807) is 0 Å². The fraction of sp³-hybridized carbons (Fsp3) is 0.353. The molecule has 1 N–H and O–H groups in total. The molecule has 1 aliphatic rings. The maximum atomic E-state index is 14.8. The van der Waals surface area contributed by atoms with E-state index in [0.717, 1.165) is 12.1 Å². The van der Waals surface area contributed by atoms with Gasteiger partial charge < -0.3 is 14.8 Å². The van der Waals surface area contributed by atoms with Gasteiger partial charge in [0.15, 0.2) is 12.0 Å². The number of halogens is 4. The Hall–Kier alpha value is -3.09. The van der Waals surface area contributed by atoms with Crippen molar-refractivity contribution < 1.29 is 22.4 Å². The van der Waals surface area contributed by atoms with Crippen molar-refractivity contribution in [2.24, 2.45) is 0 Å². The minimum atomic E-state index is -4.48. The quantitative estimate of drug-likeness (QED) is 0.655. The normalized spacial score (nSPS) is 20.2. The third kappa shape index (κ3) is 4.02. The smallest absolute Gasteiger partial charge is 0.307 e. The molecule has 142 valence electrons. The van der Waals surface area contributed by atoms with Gasteiger partial charge >= 0.3 is 6.18 Å². The van der Waals surface area contributed by atoms with Crippen molar-refractivity contribution in [3.8, 4) is 11.9 Å². The van der Waals surface area contributed by atoms with Gasteiger partial charge in [0.1, 0.15) is 6.33 Å². The largest absolute Gasteiger partial charge is 0.416 e. The Kier molecular flexibility index (Phi) is 4.78. The van der Waals surface area contributed by atoms with Gasteiger partial charge in [0.05, 0.1) is 18.3 Å². The third-order valence-electron chi connectivity index (χ3n) is 4.29. The van der Waals surface area contributed by atoms with Crippen molar-refractivity contribution in [3.05, 3.63) is 42.4 Å². The van der Waals surface area contributed by atoms with Crippen LogP contribution >= 0.6 is 0 Å². The first-order chi connectivity index (χ1) is 12.7. The number of carbonyl (C=O) groups excluding carboxylic acids is 1. The molecule has 0 bridgehead atoms. The molecule has 1 amide bonds. The van der Waals surface area contributed by atoms with Gasteiger partial charge in [0.25, 0.3) is 5.91 Å². The van der Waals surface area contributed by atoms with Gasteiger partial charge in [-0.15, -0.1) is 0 Å². The van der Waals surface area contributed by atoms with E-state index in [-0.39, 0.29) is 24.5 Å². The van der Waals surface area contributed by atoms with Crippen molar-refractivity contribution in [1.29, 1.82) is 5.26 Å². The zero-order valence-corrected chi connectivity index (χ0v) is 14.0. The number of carbonyl (C=O) groups is 1. The van der Waals surface area contributed by atoms with Crippen molar-refractivity contribution in [2.45, 2.75) is 24.7 Å². The zero-order chi connectivity index (χ0) is 19.7. The summed E-state index contributed by atoms with van der Waals surface area (Å²) in [7, 11) is 0. The Morgan fingerprint density at radius 2 is 2.15 bits per heavy atom. The van der Waals surface area contributed by atoms with E-state index in [2.05, 4.69) is 10.3 Å². The summed E-state index contributed by atoms with van der Waals surface area (Å²) in [6.07, 6.45) is 0.187. The molecule has 1 aromatic heterocycles. The Balaban J connectivity index is 1.75. The number of benzene rings is 1. The Labute approximate surface area is 152 Å². The highest BCUT2D eigenvalue weighted by molar-refractivity contribution is 5.96. The predicted octanol–water partition coefficient (Wildman–Crippen LogP) is 3.11. The summed E-state index contributed by atoms with van der Waals surface area (Å²) in [6, 6.07) is 4.59. The fourth-order valence-electron chi connectivity index (χ4n) is 2.88. The number of aromatic nitrogens is 2. The first-order valence-corrected chi connectivity index (χ1v) is 8.08. The molecule has 3 rings (SSSR count). The number of amides is 1. The summed E-state index contributed by atoms with van der Waals surface area (Å²) in [5.74, 6) is -0.930. The molecule has 27 heavy (non-hydrogen) atoms. The van der Waals surface area contributed by atoms with Crippen molar-refractivity contribution in [3.63, 3.8) is 0 Å². The molecule has 2 heterocycles. The Bertz CT molecular complexity index is 888. The number of imidazole rings is 1. The number of anilines is 1. The second-order valence-corrected chi connectivity index (χ2v) is 6.26. The topological polar surface area (TPSA) is 74.0 Å². The molecule has 1 atom stereocenters. The summed E-state index contributed by atoms with van der Waals surface area (Å²) in [6.45, 7) is 0.0449. The summed E-state index contributed by atoms with van der Waals surface area (Å²) < 4.78 is 54.6. The van der Waals surface area contributed by atoms with Crippen LogP contribution in [-0.4, -0.2) is 39.1 Å². The average Bonchev–Trinajstić information content (AvgIpc) is 3.09. The van der Waals surface area contributed by atoms with E-state index in [1.807, 2.05) is 6.19 Å². The molecule has 1 fully saturated rings. The van der Waals surface area contributed by atoms with E-state index in [9.17, 15) is 22.4 Å². The minimum Gasteiger partial charge on any atom is -0.307 e. The highest BCUT2D eigenvalue weighted by Crippen LogP contribution is 2.30. The van der Waals surface area contributed by atoms with Crippen LogP contribution in [-0.2, 0) is 11.0 Å². The van der Waals surface area contributed by atoms with Crippen LogP contribution in [0.15, 0.2) is 36.8 Å². The molecule has 1 saturated heterocycles. The Morgan fingerprint density at radius 1 is 1.37 bits per heavy atom. The second-order valence-electron chi connectivity index (χ2n) is 6.26. The van der Waals surface area contributed by atoms with E-state index < -0.39 is 23.3 Å². The van der Waals surface area contributed by atoms with Crippen LogP contribution < -0.4 is 5.32 Å².